The summed E-state index contributed by atoms with van der Waals surface area (Å²) in [5.74, 6) is -0.885. The molecule has 1 heterocycles. The predicted molar refractivity (Wildman–Crippen MR) is 192 cm³/mol. The van der Waals surface area contributed by atoms with Gasteiger partial charge in [0.25, 0.3) is 15.9 Å². The SMILES string of the molecule is C=CC(=CC/C=C(\C)C1=CC(=O)NS1(=O)=O)C[C@H](NC)C(=O)Nc1ccccc1N.CC(C)(C)OC(=O)NC(C=O)CC1=CC=CC=C=C1. The Morgan fingerprint density at radius 2 is 1.88 bits per heavy atom. The molecule has 0 fully saturated rings. The summed E-state index contributed by atoms with van der Waals surface area (Å²) in [5.41, 5.74) is 11.5. The quantitative estimate of drug-likeness (QED) is 0.0850. The number of nitrogens with one attached hydrogen (secondary N) is 4. The Morgan fingerprint density at radius 1 is 1.16 bits per heavy atom. The molecule has 49 heavy (non-hydrogen) atoms. The standard InChI is InChI=1S/C21H26N4O4S.C15H19NO3/c1-4-15(9-7-8-14(2)19-13-20(26)25-30(19,28)29)12-18(23-3)21(27)24-17-11-6-5-10-16(17)22;1-15(2,3)19-14(18)16-13(11-17)10-12-8-6-4-5-7-9-12/h4-6,8-11,13,18,23H,1,7,12,22H2,2-3H3,(H,24,27)(H,25,26);4-6,8-9,11,13H,10H2,1-3H3,(H,16,18)/b14-8+,15-9?;/t18-;/m0./s1. The van der Waals surface area contributed by atoms with Gasteiger partial charge in [-0.1, -0.05) is 60.7 Å². The number of rotatable bonds is 13. The number of anilines is 2. The van der Waals surface area contributed by atoms with Crippen LogP contribution in [0, 0.1) is 0 Å². The van der Waals surface area contributed by atoms with Crippen molar-refractivity contribution >= 4 is 45.6 Å². The number of alkyl carbamates (subject to hydrolysis) is 1. The van der Waals surface area contributed by atoms with E-state index in [1.54, 1.807) is 83.3 Å². The van der Waals surface area contributed by atoms with E-state index in [-0.39, 0.29) is 10.8 Å². The molecule has 1 aliphatic carbocycles. The number of carbonyl (C=O) groups is 4. The molecular formula is C36H45N5O7S. The number of para-hydroxylation sites is 2. The van der Waals surface area contributed by atoms with E-state index in [4.69, 9.17) is 10.5 Å². The summed E-state index contributed by atoms with van der Waals surface area (Å²) in [7, 11) is -2.09. The van der Waals surface area contributed by atoms with Gasteiger partial charge in [-0.2, -0.15) is 0 Å². The molecule has 12 nitrogen and oxygen atoms in total. The Hall–Kier alpha value is -5.23. The maximum Gasteiger partial charge on any atom is 0.408 e. The normalized spacial score (nSPS) is 16.5. The van der Waals surface area contributed by atoms with Crippen LogP contribution in [0.3, 0.4) is 0 Å². The number of sulfonamides is 1. The van der Waals surface area contributed by atoms with E-state index >= 15 is 0 Å². The van der Waals surface area contributed by atoms with Crippen molar-refractivity contribution in [3.63, 3.8) is 0 Å². The number of nitrogen functional groups attached to an aromatic ring is 1. The number of carbonyl (C=O) groups excluding carboxylic acids is 4. The summed E-state index contributed by atoms with van der Waals surface area (Å²) in [6.07, 6.45) is 16.7. The highest BCUT2D eigenvalue weighted by atomic mass is 32.2. The van der Waals surface area contributed by atoms with E-state index in [0.29, 0.717) is 42.5 Å². The second-order valence-corrected chi connectivity index (χ2v) is 13.6. The van der Waals surface area contributed by atoms with Gasteiger partial charge in [0.05, 0.1) is 28.4 Å². The zero-order chi connectivity index (χ0) is 36.6. The first kappa shape index (κ1) is 39.9. The highest BCUT2D eigenvalue weighted by Crippen LogP contribution is 2.22. The Kier molecular flexibility index (Phi) is 15.4. The Bertz CT molecular complexity index is 1740. The van der Waals surface area contributed by atoms with Crippen molar-refractivity contribution in [3.8, 4) is 0 Å². The molecule has 0 aromatic heterocycles. The topological polar surface area (TPSA) is 186 Å². The second kappa shape index (κ2) is 18.9. The average molecular weight is 692 g/mol. The Morgan fingerprint density at radius 3 is 2.47 bits per heavy atom. The summed E-state index contributed by atoms with van der Waals surface area (Å²) < 4.78 is 30.8. The third-order valence-corrected chi connectivity index (χ3v) is 8.26. The molecule has 0 saturated heterocycles. The summed E-state index contributed by atoms with van der Waals surface area (Å²) in [6.45, 7) is 10.7. The lowest BCUT2D eigenvalue weighted by atomic mass is 10.0. The fourth-order valence-corrected chi connectivity index (χ4v) is 5.54. The minimum atomic E-state index is -3.78. The van der Waals surface area contributed by atoms with E-state index in [9.17, 15) is 27.6 Å². The van der Waals surface area contributed by atoms with Gasteiger partial charge in [-0.15, -0.1) is 5.73 Å². The van der Waals surface area contributed by atoms with Gasteiger partial charge in [0.15, 0.2) is 0 Å². The first-order chi connectivity index (χ1) is 23.1. The molecule has 13 heteroatoms. The van der Waals surface area contributed by atoms with Crippen LogP contribution in [0.15, 0.2) is 113 Å². The molecule has 6 N–H and O–H groups in total. The molecule has 2 aliphatic rings. The second-order valence-electron chi connectivity index (χ2n) is 11.9. The van der Waals surface area contributed by atoms with Crippen LogP contribution < -0.4 is 26.4 Å². The van der Waals surface area contributed by atoms with E-state index in [1.807, 2.05) is 29.0 Å². The highest BCUT2D eigenvalue weighted by molar-refractivity contribution is 7.94. The van der Waals surface area contributed by atoms with Crippen LogP contribution in [0.1, 0.15) is 47.0 Å². The summed E-state index contributed by atoms with van der Waals surface area (Å²) >= 11 is 0. The van der Waals surface area contributed by atoms with Crippen LogP contribution in [0.2, 0.25) is 0 Å². The molecule has 2 atom stereocenters. The van der Waals surface area contributed by atoms with Crippen molar-refractivity contribution in [1.82, 2.24) is 15.4 Å². The minimum absolute atomic E-state index is 0.0333. The predicted octanol–water partition coefficient (Wildman–Crippen LogP) is 4.65. The van der Waals surface area contributed by atoms with Crippen molar-refractivity contribution in [2.45, 2.75) is 64.6 Å². The van der Waals surface area contributed by atoms with Gasteiger partial charge >= 0.3 is 6.09 Å². The number of aldehydes is 1. The zero-order valence-electron chi connectivity index (χ0n) is 28.4. The van der Waals surface area contributed by atoms with Crippen LogP contribution in [0.25, 0.3) is 0 Å². The first-order valence-corrected chi connectivity index (χ1v) is 16.9. The fourth-order valence-electron chi connectivity index (χ4n) is 4.34. The molecule has 0 saturated carbocycles. The number of allylic oxidation sites excluding steroid dienone is 8. The zero-order valence-corrected chi connectivity index (χ0v) is 29.2. The van der Waals surface area contributed by atoms with E-state index < -0.39 is 39.7 Å². The fraction of sp³-hybridized carbons (Fsp3) is 0.306. The maximum absolute atomic E-state index is 12.6. The molecule has 0 spiro atoms. The van der Waals surface area contributed by atoms with Crippen LogP contribution >= 0.6 is 0 Å². The molecule has 262 valence electrons. The maximum atomic E-state index is 12.6. The van der Waals surface area contributed by atoms with Gasteiger partial charge in [0.2, 0.25) is 5.91 Å². The van der Waals surface area contributed by atoms with Crippen molar-refractivity contribution in [3.05, 3.63) is 113 Å². The van der Waals surface area contributed by atoms with E-state index in [2.05, 4.69) is 28.3 Å². The molecule has 3 rings (SSSR count). The van der Waals surface area contributed by atoms with Gasteiger partial charge in [0.1, 0.15) is 11.9 Å². The third kappa shape index (κ3) is 14.2. The Labute approximate surface area is 288 Å². The summed E-state index contributed by atoms with van der Waals surface area (Å²) in [5, 5.41) is 8.32. The number of hydrogen-bond acceptors (Lipinski definition) is 9. The van der Waals surface area contributed by atoms with Gasteiger partial charge < -0.3 is 31.2 Å². The number of benzene rings is 1. The van der Waals surface area contributed by atoms with Crippen molar-refractivity contribution in [2.75, 3.05) is 18.1 Å². The molecule has 1 aromatic rings. The summed E-state index contributed by atoms with van der Waals surface area (Å²) in [6, 6.07) is 5.88. The number of hydrogen-bond donors (Lipinski definition) is 5. The largest absolute Gasteiger partial charge is 0.444 e. The van der Waals surface area contributed by atoms with E-state index in [0.717, 1.165) is 17.2 Å². The highest BCUT2D eigenvalue weighted by Gasteiger charge is 2.28. The van der Waals surface area contributed by atoms with Crippen LogP contribution in [0.5, 0.6) is 0 Å². The molecule has 1 aromatic carbocycles. The first-order valence-electron chi connectivity index (χ1n) is 15.4. The molecular weight excluding hydrogens is 646 g/mol. The van der Waals surface area contributed by atoms with Gasteiger partial charge in [-0.05, 0) is 83.0 Å². The number of ether oxygens (including phenoxy) is 1. The van der Waals surface area contributed by atoms with Crippen LogP contribution in [-0.4, -0.2) is 57.3 Å². The lowest BCUT2D eigenvalue weighted by molar-refractivity contribution is -0.118. The average Bonchev–Trinajstić information content (AvgIpc) is 3.15. The van der Waals surface area contributed by atoms with Crippen molar-refractivity contribution in [1.29, 1.82) is 0 Å². The van der Waals surface area contributed by atoms with Crippen LogP contribution in [-0.2, 0) is 29.1 Å². The third-order valence-electron chi connectivity index (χ3n) is 6.77. The molecule has 3 amide bonds. The minimum Gasteiger partial charge on any atom is -0.444 e. The molecule has 1 unspecified atom stereocenters. The molecule has 0 radical (unpaired) electrons. The number of nitrogens with two attached hydrogens (primary N) is 1. The lowest BCUT2D eigenvalue weighted by Crippen LogP contribution is -2.40. The van der Waals surface area contributed by atoms with Gasteiger partial charge in [-0.25, -0.2) is 17.9 Å². The summed E-state index contributed by atoms with van der Waals surface area (Å²) in [4.78, 5) is 46.4. The Balaban J connectivity index is 0.000000377. The van der Waals surface area contributed by atoms with Gasteiger partial charge in [0, 0.05) is 12.5 Å². The lowest BCUT2D eigenvalue weighted by Gasteiger charge is -2.21. The number of likely N-dealkylation sites (N-methyl/N-ethyl adjacent to an activating group) is 1. The monoisotopic (exact) mass is 691 g/mol. The van der Waals surface area contributed by atoms with Gasteiger partial charge in [-0.3, -0.25) is 9.59 Å². The smallest absolute Gasteiger partial charge is 0.408 e. The molecule has 1 aliphatic heterocycles. The van der Waals surface area contributed by atoms with E-state index in [1.165, 1.54) is 0 Å². The van der Waals surface area contributed by atoms with Crippen molar-refractivity contribution < 1.29 is 32.3 Å². The van der Waals surface area contributed by atoms with Crippen molar-refractivity contribution in [2.24, 2.45) is 0 Å². The molecule has 0 bridgehead atoms. The van der Waals surface area contributed by atoms with Crippen LogP contribution in [0.4, 0.5) is 16.2 Å². The number of amides is 3.